The predicted molar refractivity (Wildman–Crippen MR) is 44.6 cm³/mol. The van der Waals surface area contributed by atoms with E-state index in [2.05, 4.69) is 15.3 Å². The molecule has 1 heterocycles. The van der Waals surface area contributed by atoms with Crippen molar-refractivity contribution in [3.05, 3.63) is 17.6 Å². The Labute approximate surface area is 70.0 Å². The number of nitrogen functional groups attached to an aromatic ring is 1. The molecule has 5 heteroatoms. The number of aryl methyl sites for hydroxylation is 1. The first kappa shape index (κ1) is 8.45. The maximum atomic E-state index is 11.1. The SMILES string of the molecule is CNC(=O)c1nc(C)cnc1N. The van der Waals surface area contributed by atoms with Crippen LogP contribution in [0.5, 0.6) is 0 Å². The first-order chi connectivity index (χ1) is 5.65. The molecular weight excluding hydrogens is 156 g/mol. The number of hydrogen-bond donors (Lipinski definition) is 2. The molecule has 0 aliphatic rings. The van der Waals surface area contributed by atoms with Gasteiger partial charge < -0.3 is 11.1 Å². The van der Waals surface area contributed by atoms with E-state index in [1.54, 1.807) is 6.92 Å². The van der Waals surface area contributed by atoms with Gasteiger partial charge in [0.1, 0.15) is 0 Å². The lowest BCUT2D eigenvalue weighted by Crippen LogP contribution is -2.21. The second-order valence-electron chi connectivity index (χ2n) is 2.32. The van der Waals surface area contributed by atoms with Crippen LogP contribution in [-0.4, -0.2) is 22.9 Å². The summed E-state index contributed by atoms with van der Waals surface area (Å²) in [6.07, 6.45) is 1.52. The first-order valence-corrected chi connectivity index (χ1v) is 3.46. The van der Waals surface area contributed by atoms with Crippen LogP contribution >= 0.6 is 0 Å². The van der Waals surface area contributed by atoms with Crippen LogP contribution in [-0.2, 0) is 0 Å². The summed E-state index contributed by atoms with van der Waals surface area (Å²) in [7, 11) is 1.52. The molecule has 0 radical (unpaired) electrons. The molecule has 0 saturated carbocycles. The van der Waals surface area contributed by atoms with E-state index in [4.69, 9.17) is 5.73 Å². The van der Waals surface area contributed by atoms with Gasteiger partial charge in [-0.1, -0.05) is 0 Å². The Morgan fingerprint density at radius 2 is 2.33 bits per heavy atom. The van der Waals surface area contributed by atoms with E-state index < -0.39 is 0 Å². The summed E-state index contributed by atoms with van der Waals surface area (Å²) in [6.45, 7) is 1.75. The molecule has 1 aromatic rings. The Hall–Kier alpha value is -1.65. The Morgan fingerprint density at radius 3 is 2.92 bits per heavy atom. The Balaban J connectivity index is 3.13. The molecule has 0 spiro atoms. The van der Waals surface area contributed by atoms with Crippen LogP contribution in [0, 0.1) is 6.92 Å². The normalized spacial score (nSPS) is 9.50. The third-order valence-electron chi connectivity index (χ3n) is 1.36. The van der Waals surface area contributed by atoms with E-state index in [1.165, 1.54) is 13.2 Å². The second kappa shape index (κ2) is 3.17. The molecule has 64 valence electrons. The summed E-state index contributed by atoms with van der Waals surface area (Å²) in [6, 6.07) is 0. The van der Waals surface area contributed by atoms with Crippen LogP contribution in [0.15, 0.2) is 6.20 Å². The van der Waals surface area contributed by atoms with Crippen molar-refractivity contribution >= 4 is 11.7 Å². The van der Waals surface area contributed by atoms with Crippen molar-refractivity contribution < 1.29 is 4.79 Å². The molecule has 1 aromatic heterocycles. The molecule has 0 aliphatic carbocycles. The highest BCUT2D eigenvalue weighted by atomic mass is 16.1. The summed E-state index contributed by atoms with van der Waals surface area (Å²) >= 11 is 0. The fourth-order valence-corrected chi connectivity index (χ4v) is 0.772. The number of amides is 1. The van der Waals surface area contributed by atoms with Crippen molar-refractivity contribution in [1.29, 1.82) is 0 Å². The molecule has 12 heavy (non-hydrogen) atoms. The first-order valence-electron chi connectivity index (χ1n) is 3.46. The quantitative estimate of drug-likeness (QED) is 0.601. The number of nitrogens with two attached hydrogens (primary N) is 1. The van der Waals surface area contributed by atoms with E-state index >= 15 is 0 Å². The van der Waals surface area contributed by atoms with Crippen molar-refractivity contribution in [2.75, 3.05) is 12.8 Å². The van der Waals surface area contributed by atoms with Gasteiger partial charge in [0.25, 0.3) is 5.91 Å². The molecule has 3 N–H and O–H groups in total. The Bertz CT molecular complexity index is 310. The van der Waals surface area contributed by atoms with E-state index in [9.17, 15) is 4.79 Å². The molecule has 0 atom stereocenters. The predicted octanol–water partition coefficient (Wildman–Crippen LogP) is -0.273. The lowest BCUT2D eigenvalue weighted by atomic mass is 10.3. The molecule has 0 unspecified atom stereocenters. The number of nitrogens with zero attached hydrogens (tertiary/aromatic N) is 2. The lowest BCUT2D eigenvalue weighted by molar-refractivity contribution is 0.0958. The van der Waals surface area contributed by atoms with Gasteiger partial charge in [-0.25, -0.2) is 9.97 Å². The number of aromatic nitrogens is 2. The van der Waals surface area contributed by atoms with Crippen molar-refractivity contribution in [1.82, 2.24) is 15.3 Å². The molecule has 0 fully saturated rings. The molecule has 0 aliphatic heterocycles. The van der Waals surface area contributed by atoms with Crippen molar-refractivity contribution in [2.24, 2.45) is 0 Å². The smallest absolute Gasteiger partial charge is 0.273 e. The lowest BCUT2D eigenvalue weighted by Gasteiger charge is -2.02. The number of hydrogen-bond acceptors (Lipinski definition) is 4. The number of carbonyl (C=O) groups excluding carboxylic acids is 1. The molecule has 0 saturated heterocycles. The second-order valence-corrected chi connectivity index (χ2v) is 2.32. The summed E-state index contributed by atoms with van der Waals surface area (Å²) in [4.78, 5) is 18.8. The monoisotopic (exact) mass is 166 g/mol. The summed E-state index contributed by atoms with van der Waals surface area (Å²) in [5.74, 6) is -0.163. The van der Waals surface area contributed by atoms with E-state index in [0.717, 1.165) is 0 Å². The van der Waals surface area contributed by atoms with E-state index in [1.807, 2.05) is 0 Å². The number of nitrogens with one attached hydrogen (secondary N) is 1. The van der Waals surface area contributed by atoms with Crippen molar-refractivity contribution in [2.45, 2.75) is 6.92 Å². The average Bonchev–Trinajstić information content (AvgIpc) is 2.08. The highest BCUT2D eigenvalue weighted by molar-refractivity contribution is 5.96. The van der Waals surface area contributed by atoms with Crippen LogP contribution in [0.2, 0.25) is 0 Å². The molecule has 0 aromatic carbocycles. The van der Waals surface area contributed by atoms with Crippen molar-refractivity contribution in [3.63, 3.8) is 0 Å². The third-order valence-corrected chi connectivity index (χ3v) is 1.36. The minimum atomic E-state index is -0.316. The van der Waals surface area contributed by atoms with Gasteiger partial charge in [0.05, 0.1) is 11.9 Å². The van der Waals surface area contributed by atoms with Crippen LogP contribution in [0.4, 0.5) is 5.82 Å². The largest absolute Gasteiger partial charge is 0.382 e. The standard InChI is InChI=1S/C7H10N4O/c1-4-3-10-6(8)5(11-4)7(12)9-2/h3H,1-2H3,(H2,8,10)(H,9,12). The van der Waals surface area contributed by atoms with Gasteiger partial charge in [-0.05, 0) is 6.92 Å². The summed E-state index contributed by atoms with van der Waals surface area (Å²) in [5, 5.41) is 2.43. The molecule has 5 nitrogen and oxygen atoms in total. The zero-order chi connectivity index (χ0) is 9.14. The minimum Gasteiger partial charge on any atom is -0.382 e. The molecule has 1 amide bonds. The van der Waals surface area contributed by atoms with Gasteiger partial charge in [0, 0.05) is 7.05 Å². The zero-order valence-corrected chi connectivity index (χ0v) is 6.96. The highest BCUT2D eigenvalue weighted by Gasteiger charge is 2.10. The third kappa shape index (κ3) is 1.50. The van der Waals surface area contributed by atoms with Gasteiger partial charge in [-0.15, -0.1) is 0 Å². The minimum absolute atomic E-state index is 0.153. The van der Waals surface area contributed by atoms with Crippen molar-refractivity contribution in [3.8, 4) is 0 Å². The topological polar surface area (TPSA) is 80.9 Å². The van der Waals surface area contributed by atoms with Gasteiger partial charge in [0.2, 0.25) is 0 Å². The average molecular weight is 166 g/mol. The fourth-order valence-electron chi connectivity index (χ4n) is 0.772. The maximum Gasteiger partial charge on any atom is 0.273 e. The van der Waals surface area contributed by atoms with E-state index in [0.29, 0.717) is 5.69 Å². The summed E-state index contributed by atoms with van der Waals surface area (Å²) < 4.78 is 0. The summed E-state index contributed by atoms with van der Waals surface area (Å²) in [5.41, 5.74) is 6.28. The van der Waals surface area contributed by atoms with Gasteiger partial charge in [0.15, 0.2) is 11.5 Å². The van der Waals surface area contributed by atoms with Gasteiger partial charge in [-0.2, -0.15) is 0 Å². The number of rotatable bonds is 1. The Kier molecular flexibility index (Phi) is 2.23. The zero-order valence-electron chi connectivity index (χ0n) is 6.96. The highest BCUT2D eigenvalue weighted by Crippen LogP contribution is 2.04. The van der Waals surface area contributed by atoms with E-state index in [-0.39, 0.29) is 17.4 Å². The van der Waals surface area contributed by atoms with Crippen LogP contribution in [0.1, 0.15) is 16.2 Å². The van der Waals surface area contributed by atoms with Crippen LogP contribution in [0.3, 0.4) is 0 Å². The van der Waals surface area contributed by atoms with Gasteiger partial charge >= 0.3 is 0 Å². The fraction of sp³-hybridized carbons (Fsp3) is 0.286. The van der Waals surface area contributed by atoms with Crippen LogP contribution in [0.25, 0.3) is 0 Å². The Morgan fingerprint density at radius 1 is 1.67 bits per heavy atom. The maximum absolute atomic E-state index is 11.1. The number of carbonyl (C=O) groups is 1. The molecular formula is C7H10N4O. The van der Waals surface area contributed by atoms with Gasteiger partial charge in [-0.3, -0.25) is 4.79 Å². The number of anilines is 1. The van der Waals surface area contributed by atoms with Crippen LogP contribution < -0.4 is 11.1 Å². The molecule has 1 rings (SSSR count). The molecule has 0 bridgehead atoms.